The molecule has 0 aliphatic heterocycles. The molecule has 0 bridgehead atoms. The highest BCUT2D eigenvalue weighted by molar-refractivity contribution is 6.03. The van der Waals surface area contributed by atoms with E-state index in [1.807, 2.05) is 54.4 Å². The number of hydrogen-bond acceptors (Lipinski definition) is 5. The summed E-state index contributed by atoms with van der Waals surface area (Å²) in [6.45, 7) is 0.643. The van der Waals surface area contributed by atoms with E-state index in [0.717, 1.165) is 11.3 Å². The van der Waals surface area contributed by atoms with Gasteiger partial charge in [0, 0.05) is 37.7 Å². The van der Waals surface area contributed by atoms with Crippen molar-refractivity contribution >= 4 is 17.4 Å². The van der Waals surface area contributed by atoms with Gasteiger partial charge in [-0.05, 0) is 23.8 Å². The zero-order valence-electron chi connectivity index (χ0n) is 13.3. The van der Waals surface area contributed by atoms with E-state index in [1.165, 1.54) is 6.33 Å². The van der Waals surface area contributed by atoms with Crippen LogP contribution in [-0.4, -0.2) is 27.9 Å². The lowest BCUT2D eigenvalue weighted by atomic mass is 10.2. The first-order chi connectivity index (χ1) is 11.7. The number of nitrogens with zero attached hydrogens (tertiary/aromatic N) is 4. The summed E-state index contributed by atoms with van der Waals surface area (Å²) in [5, 5.41) is 2.82. The highest BCUT2D eigenvalue weighted by Gasteiger charge is 2.11. The largest absolute Gasteiger partial charge is 0.355 e. The van der Waals surface area contributed by atoms with Gasteiger partial charge in [0.2, 0.25) is 0 Å². The van der Waals surface area contributed by atoms with Crippen molar-refractivity contribution in [3.63, 3.8) is 0 Å². The summed E-state index contributed by atoms with van der Waals surface area (Å²) in [6.07, 6.45) is 4.94. The molecule has 0 fully saturated rings. The van der Waals surface area contributed by atoms with Gasteiger partial charge in [0.15, 0.2) is 0 Å². The maximum absolute atomic E-state index is 12.3. The molecule has 1 amide bonds. The molecule has 6 nitrogen and oxygen atoms in total. The molecule has 0 saturated carbocycles. The second-order valence-corrected chi connectivity index (χ2v) is 5.30. The molecule has 0 aliphatic carbocycles. The molecule has 120 valence electrons. The fraction of sp³-hybridized carbons (Fsp3) is 0.111. The summed E-state index contributed by atoms with van der Waals surface area (Å²) in [4.78, 5) is 26.7. The summed E-state index contributed by atoms with van der Waals surface area (Å²) in [5.41, 5.74) is 2.11. The van der Waals surface area contributed by atoms with E-state index in [0.29, 0.717) is 18.1 Å². The Bertz CT molecular complexity index is 808. The molecule has 0 radical (unpaired) electrons. The molecule has 6 heteroatoms. The van der Waals surface area contributed by atoms with Gasteiger partial charge in [-0.3, -0.25) is 9.78 Å². The normalized spacial score (nSPS) is 10.2. The Hall–Kier alpha value is -3.28. The number of rotatable bonds is 5. The SMILES string of the molecule is CN(Cc1cccnc1)c1cc(C(=O)Nc2ccccc2)ncn1. The number of amides is 1. The van der Waals surface area contributed by atoms with Crippen LogP contribution in [0.2, 0.25) is 0 Å². The second-order valence-electron chi connectivity index (χ2n) is 5.30. The number of carbonyl (C=O) groups is 1. The van der Waals surface area contributed by atoms with Crippen LogP contribution in [0.1, 0.15) is 16.1 Å². The van der Waals surface area contributed by atoms with E-state index in [4.69, 9.17) is 0 Å². The Morgan fingerprint density at radius 1 is 1.12 bits per heavy atom. The van der Waals surface area contributed by atoms with Crippen molar-refractivity contribution in [2.75, 3.05) is 17.3 Å². The molecular formula is C18H17N5O. The van der Waals surface area contributed by atoms with E-state index in [9.17, 15) is 4.79 Å². The van der Waals surface area contributed by atoms with Crippen LogP contribution in [0.4, 0.5) is 11.5 Å². The maximum atomic E-state index is 12.3. The van der Waals surface area contributed by atoms with Gasteiger partial charge in [-0.15, -0.1) is 0 Å². The van der Waals surface area contributed by atoms with Crippen molar-refractivity contribution in [1.82, 2.24) is 15.0 Å². The summed E-state index contributed by atoms with van der Waals surface area (Å²) >= 11 is 0. The van der Waals surface area contributed by atoms with E-state index < -0.39 is 0 Å². The lowest BCUT2D eigenvalue weighted by Crippen LogP contribution is -2.20. The topological polar surface area (TPSA) is 71.0 Å². The van der Waals surface area contributed by atoms with Crippen LogP contribution in [0, 0.1) is 0 Å². The maximum Gasteiger partial charge on any atom is 0.274 e. The van der Waals surface area contributed by atoms with E-state index in [-0.39, 0.29) is 5.91 Å². The van der Waals surface area contributed by atoms with Crippen molar-refractivity contribution < 1.29 is 4.79 Å². The van der Waals surface area contributed by atoms with Crippen LogP contribution in [0.5, 0.6) is 0 Å². The smallest absolute Gasteiger partial charge is 0.274 e. The van der Waals surface area contributed by atoms with Gasteiger partial charge in [0.25, 0.3) is 5.91 Å². The van der Waals surface area contributed by atoms with Crippen LogP contribution in [0.3, 0.4) is 0 Å². The number of carbonyl (C=O) groups excluding carboxylic acids is 1. The second kappa shape index (κ2) is 7.32. The van der Waals surface area contributed by atoms with Gasteiger partial charge >= 0.3 is 0 Å². The summed E-state index contributed by atoms with van der Waals surface area (Å²) in [6, 6.07) is 14.8. The van der Waals surface area contributed by atoms with Gasteiger partial charge in [-0.25, -0.2) is 9.97 Å². The highest BCUT2D eigenvalue weighted by atomic mass is 16.1. The number of para-hydroxylation sites is 1. The molecule has 0 spiro atoms. The number of benzene rings is 1. The third kappa shape index (κ3) is 3.92. The van der Waals surface area contributed by atoms with Gasteiger partial charge in [0.1, 0.15) is 17.8 Å². The van der Waals surface area contributed by atoms with Gasteiger partial charge in [-0.1, -0.05) is 24.3 Å². The van der Waals surface area contributed by atoms with Crippen molar-refractivity contribution in [3.8, 4) is 0 Å². The molecule has 1 aromatic carbocycles. The van der Waals surface area contributed by atoms with Gasteiger partial charge < -0.3 is 10.2 Å². The molecule has 3 rings (SSSR count). The minimum absolute atomic E-state index is 0.264. The third-order valence-electron chi connectivity index (χ3n) is 3.45. The number of aromatic nitrogens is 3. The Kier molecular flexibility index (Phi) is 4.76. The molecule has 2 aromatic heterocycles. The monoisotopic (exact) mass is 319 g/mol. The molecule has 2 heterocycles. The highest BCUT2D eigenvalue weighted by Crippen LogP contribution is 2.14. The van der Waals surface area contributed by atoms with E-state index in [2.05, 4.69) is 20.3 Å². The van der Waals surface area contributed by atoms with Gasteiger partial charge in [-0.2, -0.15) is 0 Å². The van der Waals surface area contributed by atoms with Crippen LogP contribution in [0.25, 0.3) is 0 Å². The Morgan fingerprint density at radius 2 is 1.96 bits per heavy atom. The molecule has 0 unspecified atom stereocenters. The molecular weight excluding hydrogens is 302 g/mol. The first kappa shape index (κ1) is 15.6. The first-order valence-corrected chi connectivity index (χ1v) is 7.51. The first-order valence-electron chi connectivity index (χ1n) is 7.51. The van der Waals surface area contributed by atoms with Crippen LogP contribution >= 0.6 is 0 Å². The molecule has 0 aliphatic rings. The average molecular weight is 319 g/mol. The Morgan fingerprint density at radius 3 is 2.71 bits per heavy atom. The predicted octanol–water partition coefficient (Wildman–Crippen LogP) is 2.76. The lowest BCUT2D eigenvalue weighted by Gasteiger charge is -2.18. The minimum Gasteiger partial charge on any atom is -0.355 e. The van der Waals surface area contributed by atoms with Crippen molar-refractivity contribution in [3.05, 3.63) is 78.5 Å². The zero-order valence-corrected chi connectivity index (χ0v) is 13.3. The quantitative estimate of drug-likeness (QED) is 0.783. The fourth-order valence-electron chi connectivity index (χ4n) is 2.24. The number of pyridine rings is 1. The van der Waals surface area contributed by atoms with Crippen LogP contribution < -0.4 is 10.2 Å². The van der Waals surface area contributed by atoms with Crippen LogP contribution in [0.15, 0.2) is 67.3 Å². The average Bonchev–Trinajstić information content (AvgIpc) is 2.63. The lowest BCUT2D eigenvalue weighted by molar-refractivity contribution is 0.102. The molecule has 24 heavy (non-hydrogen) atoms. The Balaban J connectivity index is 1.72. The summed E-state index contributed by atoms with van der Waals surface area (Å²) in [5.74, 6) is 0.409. The molecule has 0 atom stereocenters. The standard InChI is InChI=1S/C18H17N5O/c1-23(12-14-6-5-9-19-11-14)17-10-16(20-13-21-17)18(24)22-15-7-3-2-4-8-15/h2-11,13H,12H2,1H3,(H,22,24). The number of hydrogen-bond donors (Lipinski definition) is 1. The van der Waals surface area contributed by atoms with E-state index in [1.54, 1.807) is 18.5 Å². The zero-order chi connectivity index (χ0) is 16.8. The summed E-state index contributed by atoms with van der Waals surface area (Å²) < 4.78 is 0. The molecule has 3 aromatic rings. The predicted molar refractivity (Wildman–Crippen MR) is 92.8 cm³/mol. The van der Waals surface area contributed by atoms with Gasteiger partial charge in [0.05, 0.1) is 0 Å². The van der Waals surface area contributed by atoms with Crippen LogP contribution in [-0.2, 0) is 6.54 Å². The third-order valence-corrected chi connectivity index (χ3v) is 3.45. The number of nitrogens with one attached hydrogen (secondary N) is 1. The van der Waals surface area contributed by atoms with Crippen molar-refractivity contribution in [2.45, 2.75) is 6.54 Å². The Labute approximate surface area is 140 Å². The number of anilines is 2. The van der Waals surface area contributed by atoms with Crippen molar-refractivity contribution in [2.24, 2.45) is 0 Å². The minimum atomic E-state index is -0.264. The molecule has 0 saturated heterocycles. The van der Waals surface area contributed by atoms with E-state index >= 15 is 0 Å². The van der Waals surface area contributed by atoms with Crippen molar-refractivity contribution in [1.29, 1.82) is 0 Å². The summed E-state index contributed by atoms with van der Waals surface area (Å²) in [7, 11) is 1.91. The fourth-order valence-corrected chi connectivity index (χ4v) is 2.24. The molecule has 1 N–H and O–H groups in total.